The molecule has 2 N–H and O–H groups in total. The molecule has 8 heteroatoms. The molecular formula is C19H27N3O4S. The topological polar surface area (TPSA) is 87.7 Å². The van der Waals surface area contributed by atoms with E-state index >= 15 is 0 Å². The molecule has 0 saturated carbocycles. The molecule has 1 spiro atoms. The third kappa shape index (κ3) is 3.34. The minimum Gasteiger partial charge on any atom is -0.369 e. The number of rotatable bonds is 6. The lowest BCUT2D eigenvalue weighted by Crippen LogP contribution is -2.41. The van der Waals surface area contributed by atoms with Gasteiger partial charge in [0.15, 0.2) is 0 Å². The van der Waals surface area contributed by atoms with E-state index in [1.54, 1.807) is 30.3 Å². The first-order chi connectivity index (χ1) is 13.0. The summed E-state index contributed by atoms with van der Waals surface area (Å²) in [5, 5.41) is 2.93. The number of benzene rings is 1. The van der Waals surface area contributed by atoms with Crippen molar-refractivity contribution in [3.8, 4) is 0 Å². The summed E-state index contributed by atoms with van der Waals surface area (Å²) >= 11 is 0. The maximum absolute atomic E-state index is 12.5. The van der Waals surface area contributed by atoms with Gasteiger partial charge in [-0.2, -0.15) is 0 Å². The van der Waals surface area contributed by atoms with Crippen LogP contribution in [0.5, 0.6) is 0 Å². The second-order valence-electron chi connectivity index (χ2n) is 7.81. The molecular weight excluding hydrogens is 366 g/mol. The van der Waals surface area contributed by atoms with Gasteiger partial charge in [0, 0.05) is 31.5 Å². The maximum Gasteiger partial charge on any atom is 0.317 e. The van der Waals surface area contributed by atoms with Crippen LogP contribution in [0.1, 0.15) is 26.2 Å². The SMILES string of the molecule is CCCNC(=O)N1C[C@@H]2[C@H](CNS(=O)(=O)c3ccccc3)[C@H]3CC[C@]2(C1)O3. The predicted molar refractivity (Wildman–Crippen MR) is 101 cm³/mol. The minimum atomic E-state index is -3.54. The summed E-state index contributed by atoms with van der Waals surface area (Å²) < 4.78 is 34.2. The summed E-state index contributed by atoms with van der Waals surface area (Å²) in [7, 11) is -3.54. The smallest absolute Gasteiger partial charge is 0.317 e. The second-order valence-corrected chi connectivity index (χ2v) is 9.57. The van der Waals surface area contributed by atoms with Crippen molar-refractivity contribution in [1.82, 2.24) is 14.9 Å². The second kappa shape index (κ2) is 7.07. The van der Waals surface area contributed by atoms with Crippen molar-refractivity contribution in [1.29, 1.82) is 0 Å². The Morgan fingerprint density at radius 3 is 2.85 bits per heavy atom. The maximum atomic E-state index is 12.5. The van der Waals surface area contributed by atoms with Crippen LogP contribution in [0.4, 0.5) is 4.79 Å². The molecule has 3 aliphatic heterocycles. The quantitative estimate of drug-likeness (QED) is 0.768. The summed E-state index contributed by atoms with van der Waals surface area (Å²) in [6.07, 6.45) is 2.85. The largest absolute Gasteiger partial charge is 0.369 e. The van der Waals surface area contributed by atoms with Crippen LogP contribution in [-0.2, 0) is 14.8 Å². The van der Waals surface area contributed by atoms with Gasteiger partial charge in [-0.3, -0.25) is 0 Å². The van der Waals surface area contributed by atoms with Crippen molar-refractivity contribution in [3.05, 3.63) is 30.3 Å². The predicted octanol–water partition coefficient (Wildman–Crippen LogP) is 1.56. The number of nitrogens with zero attached hydrogens (tertiary/aromatic N) is 1. The van der Waals surface area contributed by atoms with Crippen LogP contribution in [0.15, 0.2) is 35.2 Å². The normalized spacial score (nSPS) is 31.9. The highest BCUT2D eigenvalue weighted by atomic mass is 32.2. The Bertz CT molecular complexity index is 800. The van der Waals surface area contributed by atoms with Gasteiger partial charge in [-0.15, -0.1) is 0 Å². The van der Waals surface area contributed by atoms with Crippen LogP contribution in [0.2, 0.25) is 0 Å². The van der Waals surface area contributed by atoms with Crippen molar-refractivity contribution in [2.24, 2.45) is 11.8 Å². The molecule has 0 unspecified atom stereocenters. The van der Waals surface area contributed by atoms with Crippen LogP contribution in [0.25, 0.3) is 0 Å². The zero-order valence-corrected chi connectivity index (χ0v) is 16.4. The zero-order valence-electron chi connectivity index (χ0n) is 15.6. The fourth-order valence-electron chi connectivity index (χ4n) is 4.85. The first kappa shape index (κ1) is 18.7. The molecule has 3 aliphatic rings. The molecule has 3 saturated heterocycles. The number of ether oxygens (including phenoxy) is 1. The summed E-state index contributed by atoms with van der Waals surface area (Å²) in [5.41, 5.74) is -0.295. The van der Waals surface area contributed by atoms with Crippen LogP contribution < -0.4 is 10.0 Å². The Morgan fingerprint density at radius 1 is 1.33 bits per heavy atom. The average Bonchev–Trinajstić information content (AvgIpc) is 3.33. The fourth-order valence-corrected chi connectivity index (χ4v) is 5.94. The number of hydrogen-bond acceptors (Lipinski definition) is 4. The van der Waals surface area contributed by atoms with Gasteiger partial charge in [0.2, 0.25) is 10.0 Å². The Labute approximate surface area is 160 Å². The Balaban J connectivity index is 1.43. The number of urea groups is 1. The first-order valence-corrected chi connectivity index (χ1v) is 11.2. The van der Waals surface area contributed by atoms with E-state index in [1.807, 2.05) is 11.8 Å². The Hall–Kier alpha value is -1.64. The molecule has 27 heavy (non-hydrogen) atoms. The number of carbonyl (C=O) groups excluding carboxylic acids is 1. The molecule has 4 atom stereocenters. The number of likely N-dealkylation sites (tertiary alicyclic amines) is 1. The van der Waals surface area contributed by atoms with Crippen molar-refractivity contribution in [2.45, 2.75) is 42.8 Å². The van der Waals surface area contributed by atoms with E-state index in [9.17, 15) is 13.2 Å². The monoisotopic (exact) mass is 393 g/mol. The van der Waals surface area contributed by atoms with Crippen LogP contribution in [0.3, 0.4) is 0 Å². The standard InChI is InChI=1S/C19H27N3O4S/c1-2-10-20-18(23)22-12-16-15(17-8-9-19(16,13-22)26-17)11-21-27(24,25)14-6-4-3-5-7-14/h3-7,15-17,21H,2,8-13H2,1H3,(H,20,23)/t15-,16+,17+,19+/m0/s1. The van der Waals surface area contributed by atoms with Gasteiger partial charge in [0.1, 0.15) is 0 Å². The molecule has 0 aromatic heterocycles. The lowest BCUT2D eigenvalue weighted by atomic mass is 9.74. The molecule has 2 bridgehead atoms. The highest BCUT2D eigenvalue weighted by Gasteiger charge is 2.63. The van der Waals surface area contributed by atoms with Crippen molar-refractivity contribution in [2.75, 3.05) is 26.2 Å². The van der Waals surface area contributed by atoms with Gasteiger partial charge in [0.25, 0.3) is 0 Å². The lowest BCUT2D eigenvalue weighted by molar-refractivity contribution is 0.00562. The third-order valence-corrected chi connectivity index (χ3v) is 7.60. The van der Waals surface area contributed by atoms with Crippen LogP contribution in [0, 0.1) is 11.8 Å². The summed E-state index contributed by atoms with van der Waals surface area (Å²) in [5.74, 6) is 0.281. The molecule has 1 aromatic rings. The highest BCUT2D eigenvalue weighted by Crippen LogP contribution is 2.54. The van der Waals surface area contributed by atoms with Gasteiger partial charge in [0.05, 0.1) is 23.1 Å². The van der Waals surface area contributed by atoms with E-state index in [0.29, 0.717) is 26.2 Å². The van der Waals surface area contributed by atoms with Gasteiger partial charge in [-0.25, -0.2) is 17.9 Å². The van der Waals surface area contributed by atoms with Gasteiger partial charge < -0.3 is 15.0 Å². The summed E-state index contributed by atoms with van der Waals surface area (Å²) in [6, 6.07) is 8.37. The molecule has 2 amide bonds. The van der Waals surface area contributed by atoms with Crippen LogP contribution in [-0.4, -0.2) is 57.2 Å². The van der Waals surface area contributed by atoms with Crippen molar-refractivity contribution < 1.29 is 17.9 Å². The molecule has 4 rings (SSSR count). The number of fused-ring (bicyclic) bond motifs is 1. The fraction of sp³-hybridized carbons (Fsp3) is 0.632. The molecule has 1 aromatic carbocycles. The molecule has 0 radical (unpaired) electrons. The van der Waals surface area contributed by atoms with Crippen LogP contribution >= 0.6 is 0 Å². The zero-order chi connectivity index (χ0) is 19.1. The highest BCUT2D eigenvalue weighted by molar-refractivity contribution is 7.89. The molecule has 148 valence electrons. The summed E-state index contributed by atoms with van der Waals surface area (Å²) in [4.78, 5) is 14.5. The first-order valence-electron chi connectivity index (χ1n) is 9.70. The molecule has 7 nitrogen and oxygen atoms in total. The minimum absolute atomic E-state index is 0.0451. The van der Waals surface area contributed by atoms with Crippen molar-refractivity contribution >= 4 is 16.1 Å². The molecule has 0 aliphatic carbocycles. The number of nitrogens with one attached hydrogen (secondary N) is 2. The Morgan fingerprint density at radius 2 is 2.11 bits per heavy atom. The van der Waals surface area contributed by atoms with E-state index in [4.69, 9.17) is 4.74 Å². The number of amides is 2. The van der Waals surface area contributed by atoms with E-state index in [0.717, 1.165) is 19.3 Å². The average molecular weight is 394 g/mol. The Kier molecular flexibility index (Phi) is 4.90. The van der Waals surface area contributed by atoms with E-state index in [2.05, 4.69) is 10.0 Å². The number of hydrogen-bond donors (Lipinski definition) is 2. The van der Waals surface area contributed by atoms with Gasteiger partial charge in [-0.05, 0) is 31.4 Å². The lowest BCUT2D eigenvalue weighted by Gasteiger charge is -2.29. The molecule has 3 fully saturated rings. The van der Waals surface area contributed by atoms with Gasteiger partial charge in [-0.1, -0.05) is 25.1 Å². The van der Waals surface area contributed by atoms with E-state index in [1.165, 1.54) is 0 Å². The summed E-state index contributed by atoms with van der Waals surface area (Å²) in [6.45, 7) is 4.27. The number of carbonyl (C=O) groups is 1. The van der Waals surface area contributed by atoms with Crippen molar-refractivity contribution in [3.63, 3.8) is 0 Å². The van der Waals surface area contributed by atoms with E-state index in [-0.39, 0.29) is 34.5 Å². The van der Waals surface area contributed by atoms with E-state index < -0.39 is 10.0 Å². The molecule has 3 heterocycles. The van der Waals surface area contributed by atoms with Gasteiger partial charge >= 0.3 is 6.03 Å². The third-order valence-electron chi connectivity index (χ3n) is 6.16. The number of sulfonamides is 1.